The molecule has 0 saturated heterocycles. The van der Waals surface area contributed by atoms with E-state index in [1.165, 1.54) is 17.5 Å². The highest BCUT2D eigenvalue weighted by Gasteiger charge is 2.44. The van der Waals surface area contributed by atoms with Crippen LogP contribution >= 0.6 is 11.6 Å². The van der Waals surface area contributed by atoms with Crippen molar-refractivity contribution in [1.29, 1.82) is 0 Å². The van der Waals surface area contributed by atoms with Gasteiger partial charge in [0.05, 0.1) is 17.5 Å². The summed E-state index contributed by atoms with van der Waals surface area (Å²) in [5, 5.41) is 0.0373. The Labute approximate surface area is 261 Å². The Kier molecular flexibility index (Phi) is 8.42. The minimum Gasteiger partial charge on any atom is -0.490 e. The molecule has 1 amide bonds. The van der Waals surface area contributed by atoms with E-state index in [9.17, 15) is 13.2 Å². The smallest absolute Gasteiger partial charge is 0.264 e. The molecule has 43 heavy (non-hydrogen) atoms. The number of aryl methyl sites for hydroxylation is 1. The zero-order valence-electron chi connectivity index (χ0n) is 25.2. The van der Waals surface area contributed by atoms with Crippen LogP contribution in [0.15, 0.2) is 61.2 Å². The maximum Gasteiger partial charge on any atom is 0.264 e. The van der Waals surface area contributed by atoms with Crippen LogP contribution in [0.5, 0.6) is 5.75 Å². The number of rotatable bonds is 2. The molecule has 6 nitrogen and oxygen atoms in total. The van der Waals surface area contributed by atoms with E-state index in [4.69, 9.17) is 16.3 Å². The van der Waals surface area contributed by atoms with E-state index in [0.717, 1.165) is 61.7 Å². The molecule has 1 N–H and O–H groups in total. The number of ether oxygens (including phenoxy) is 1. The molecule has 0 unspecified atom stereocenters. The fourth-order valence-electron chi connectivity index (χ4n) is 7.76. The highest BCUT2D eigenvalue weighted by Crippen LogP contribution is 2.48. The highest BCUT2D eigenvalue weighted by molar-refractivity contribution is 7.90. The van der Waals surface area contributed by atoms with Crippen molar-refractivity contribution >= 4 is 33.2 Å². The Balaban J connectivity index is 1.43. The molecule has 1 saturated carbocycles. The molecule has 0 aromatic heterocycles. The summed E-state index contributed by atoms with van der Waals surface area (Å²) in [5.74, 6) is 1.37. The van der Waals surface area contributed by atoms with Gasteiger partial charge in [-0.25, -0.2) is 13.1 Å². The van der Waals surface area contributed by atoms with Crippen molar-refractivity contribution in [1.82, 2.24) is 4.72 Å². The predicted molar refractivity (Wildman–Crippen MR) is 174 cm³/mol. The molecule has 2 bridgehead atoms. The summed E-state index contributed by atoms with van der Waals surface area (Å²) in [6.07, 6.45) is 13.4. The van der Waals surface area contributed by atoms with Crippen LogP contribution in [0.1, 0.15) is 73.9 Å². The number of carbonyl (C=O) groups is 1. The fraction of sp³-hybridized carbons (Fsp3) is 0.514. The second-order valence-electron chi connectivity index (χ2n) is 13.3. The average Bonchev–Trinajstić information content (AvgIpc) is 3.11. The van der Waals surface area contributed by atoms with Crippen LogP contribution in [0.3, 0.4) is 0 Å². The van der Waals surface area contributed by atoms with Crippen molar-refractivity contribution in [3.63, 3.8) is 0 Å². The van der Waals surface area contributed by atoms with Crippen molar-refractivity contribution < 1.29 is 17.9 Å². The zero-order chi connectivity index (χ0) is 30.4. The van der Waals surface area contributed by atoms with Crippen molar-refractivity contribution in [2.24, 2.45) is 23.7 Å². The third kappa shape index (κ3) is 5.87. The topological polar surface area (TPSA) is 75.7 Å². The quantitative estimate of drug-likeness (QED) is 0.363. The number of allylic oxidation sites excluding steroid dienone is 3. The minimum atomic E-state index is -3.87. The molecule has 8 heteroatoms. The molecule has 2 aromatic rings. The number of anilines is 1. The summed E-state index contributed by atoms with van der Waals surface area (Å²) in [5.41, 5.74) is 3.55. The molecule has 0 radical (unpaired) electrons. The Bertz CT molecular complexity index is 1540. The molecule has 6 atom stereocenters. The fourth-order valence-corrected chi connectivity index (χ4v) is 9.24. The van der Waals surface area contributed by atoms with Crippen LogP contribution in [0.25, 0.3) is 0 Å². The van der Waals surface area contributed by atoms with Gasteiger partial charge in [0, 0.05) is 29.1 Å². The van der Waals surface area contributed by atoms with Gasteiger partial charge in [-0.05, 0) is 117 Å². The summed E-state index contributed by atoms with van der Waals surface area (Å²) in [6, 6.07) is 11.6. The maximum absolute atomic E-state index is 13.4. The lowest BCUT2D eigenvalue weighted by molar-refractivity contribution is 0.0981. The Morgan fingerprint density at radius 2 is 2.02 bits per heavy atom. The van der Waals surface area contributed by atoms with Gasteiger partial charge < -0.3 is 9.64 Å². The number of nitrogens with one attached hydrogen (secondary N) is 1. The molecule has 2 aliphatic heterocycles. The molecule has 1 spiro atoms. The average molecular weight is 623 g/mol. The normalized spacial score (nSPS) is 32.7. The number of hydrogen-bond donors (Lipinski definition) is 1. The van der Waals surface area contributed by atoms with E-state index in [1.807, 2.05) is 31.2 Å². The monoisotopic (exact) mass is 622 g/mol. The standard InChI is InChI=1S/C35H43ClN2O4S/c1-4-7-25-9-5-8-23(2)24(3)43(40,41)37-34(39)27-12-16-33-32(19-27)38(20-28-11-14-30(25)28)21-35(22-42-33)17-6-10-26-18-29(36)13-15-31(26)35/h4-5,9,12-13,15-16,18-19,23-25,28,30H,1,6-8,10-11,14,17,20-22H2,2-3H3,(H,37,39)/b9-5+/t23-,24+,25-,28-,30-,35-/m0/s1. The summed E-state index contributed by atoms with van der Waals surface area (Å²) in [7, 11) is -3.87. The molecule has 2 heterocycles. The molecule has 230 valence electrons. The lowest BCUT2D eigenvalue weighted by atomic mass is 9.65. The molecule has 1 fully saturated rings. The van der Waals surface area contributed by atoms with Gasteiger partial charge in [-0.1, -0.05) is 42.8 Å². The summed E-state index contributed by atoms with van der Waals surface area (Å²) in [6.45, 7) is 9.81. The SMILES string of the molecule is C=CC[C@H]1/C=C/C[C@H](C)[C@@H](C)S(=O)(=O)NC(=O)c2ccc3c(c2)N(C[C@@H]2CC[C@H]21)C[C@@]1(CCCc2cc(Cl)ccc21)CO3. The number of benzene rings is 2. The van der Waals surface area contributed by atoms with Gasteiger partial charge in [-0.15, -0.1) is 6.58 Å². The molecule has 4 aliphatic rings. The number of fused-ring (bicyclic) bond motifs is 4. The third-order valence-corrected chi connectivity index (χ3v) is 12.8. The maximum atomic E-state index is 13.4. The predicted octanol–water partition coefficient (Wildman–Crippen LogP) is 7.08. The summed E-state index contributed by atoms with van der Waals surface area (Å²) >= 11 is 6.42. The number of nitrogens with zero attached hydrogens (tertiary/aromatic N) is 1. The van der Waals surface area contributed by atoms with Crippen LogP contribution in [-0.2, 0) is 21.9 Å². The second kappa shape index (κ2) is 12.0. The van der Waals surface area contributed by atoms with Gasteiger partial charge in [0.25, 0.3) is 5.91 Å². The van der Waals surface area contributed by atoms with Crippen molar-refractivity contribution in [2.75, 3.05) is 24.6 Å². The van der Waals surface area contributed by atoms with Gasteiger partial charge in [0.2, 0.25) is 10.0 Å². The first-order valence-electron chi connectivity index (χ1n) is 15.7. The second-order valence-corrected chi connectivity index (χ2v) is 15.8. The molecular weight excluding hydrogens is 580 g/mol. The van der Waals surface area contributed by atoms with E-state index in [1.54, 1.807) is 13.0 Å². The van der Waals surface area contributed by atoms with E-state index >= 15 is 0 Å². The number of halogens is 1. The van der Waals surface area contributed by atoms with E-state index < -0.39 is 21.2 Å². The first-order valence-corrected chi connectivity index (χ1v) is 17.7. The Morgan fingerprint density at radius 1 is 1.19 bits per heavy atom. The van der Waals surface area contributed by atoms with E-state index in [0.29, 0.717) is 36.3 Å². The van der Waals surface area contributed by atoms with Crippen LogP contribution in [0.2, 0.25) is 5.02 Å². The third-order valence-electron chi connectivity index (χ3n) is 10.6. The minimum absolute atomic E-state index is 0.142. The largest absolute Gasteiger partial charge is 0.490 e. The lowest BCUT2D eigenvalue weighted by Gasteiger charge is -2.46. The van der Waals surface area contributed by atoms with Crippen LogP contribution in [-0.4, -0.2) is 39.3 Å². The molecule has 2 aromatic carbocycles. The number of amides is 1. The zero-order valence-corrected chi connectivity index (χ0v) is 26.8. The highest BCUT2D eigenvalue weighted by atomic mass is 35.5. The number of sulfonamides is 1. The first kappa shape index (κ1) is 30.3. The van der Waals surface area contributed by atoms with Crippen molar-refractivity contribution in [3.05, 3.63) is 82.9 Å². The number of hydrogen-bond acceptors (Lipinski definition) is 5. The van der Waals surface area contributed by atoms with Gasteiger partial charge in [0.15, 0.2) is 0 Å². The van der Waals surface area contributed by atoms with Gasteiger partial charge >= 0.3 is 0 Å². The molecular formula is C35H43ClN2O4S. The van der Waals surface area contributed by atoms with Crippen LogP contribution in [0, 0.1) is 23.7 Å². The van der Waals surface area contributed by atoms with Crippen LogP contribution in [0.4, 0.5) is 5.69 Å². The van der Waals surface area contributed by atoms with E-state index in [2.05, 4.69) is 40.5 Å². The summed E-state index contributed by atoms with van der Waals surface area (Å²) < 4.78 is 35.5. The Hall–Kier alpha value is -2.77. The van der Waals surface area contributed by atoms with Gasteiger partial charge in [-0.3, -0.25) is 4.79 Å². The number of carbonyl (C=O) groups excluding carboxylic acids is 1. The van der Waals surface area contributed by atoms with Crippen molar-refractivity contribution in [2.45, 2.75) is 69.5 Å². The molecule has 2 aliphatic carbocycles. The lowest BCUT2D eigenvalue weighted by Crippen LogP contribution is -2.49. The summed E-state index contributed by atoms with van der Waals surface area (Å²) in [4.78, 5) is 15.8. The first-order chi connectivity index (χ1) is 20.6. The van der Waals surface area contributed by atoms with Gasteiger partial charge in [-0.2, -0.15) is 0 Å². The molecule has 6 rings (SSSR count). The Morgan fingerprint density at radius 3 is 2.79 bits per heavy atom. The van der Waals surface area contributed by atoms with E-state index in [-0.39, 0.29) is 11.3 Å². The van der Waals surface area contributed by atoms with Crippen molar-refractivity contribution in [3.8, 4) is 5.75 Å². The van der Waals surface area contributed by atoms with Crippen LogP contribution < -0.4 is 14.4 Å². The van der Waals surface area contributed by atoms with Gasteiger partial charge in [0.1, 0.15) is 5.75 Å².